The molecule has 0 atom stereocenters. The van der Waals surface area contributed by atoms with Crippen molar-refractivity contribution in [1.82, 2.24) is 10.3 Å². The van der Waals surface area contributed by atoms with Gasteiger partial charge >= 0.3 is 0 Å². The van der Waals surface area contributed by atoms with Crippen LogP contribution in [0.1, 0.15) is 45.4 Å². The number of pyridine rings is 1. The van der Waals surface area contributed by atoms with Gasteiger partial charge in [-0.15, -0.1) is 0 Å². The summed E-state index contributed by atoms with van der Waals surface area (Å²) in [4.78, 5) is 28.9. The molecule has 0 aliphatic carbocycles. The predicted octanol–water partition coefficient (Wildman–Crippen LogP) is 2.97. The number of carbonyl (C=O) groups excluding carboxylic acids is 2. The van der Waals surface area contributed by atoms with Crippen LogP contribution in [0.15, 0.2) is 36.4 Å². The Kier molecular flexibility index (Phi) is 7.29. The molecular formula is C20H25N3O3. The Bertz CT molecular complexity index is 775. The minimum absolute atomic E-state index is 0.208. The number of methoxy groups -OCH3 is 1. The number of anilines is 1. The van der Waals surface area contributed by atoms with Gasteiger partial charge in [0.25, 0.3) is 11.8 Å². The number of ether oxygens (including phenoxy) is 1. The lowest BCUT2D eigenvalue weighted by Crippen LogP contribution is -2.27. The fourth-order valence-corrected chi connectivity index (χ4v) is 2.58. The molecule has 0 saturated heterocycles. The SMILES string of the molecule is CCc1cccc(C)c1NC(=O)c1cccc(C(=O)NCCCOC)n1. The predicted molar refractivity (Wildman–Crippen MR) is 102 cm³/mol. The molecular weight excluding hydrogens is 330 g/mol. The molecule has 1 aromatic heterocycles. The molecule has 0 unspecified atom stereocenters. The van der Waals surface area contributed by atoms with E-state index in [-0.39, 0.29) is 23.2 Å². The highest BCUT2D eigenvalue weighted by molar-refractivity contribution is 6.04. The Morgan fingerprint density at radius 1 is 1.08 bits per heavy atom. The van der Waals surface area contributed by atoms with Crippen LogP contribution in [0.5, 0.6) is 0 Å². The fourth-order valence-electron chi connectivity index (χ4n) is 2.58. The first-order valence-electron chi connectivity index (χ1n) is 8.70. The molecule has 2 amide bonds. The maximum atomic E-state index is 12.6. The van der Waals surface area contributed by atoms with Crippen molar-refractivity contribution < 1.29 is 14.3 Å². The molecule has 0 spiro atoms. The average molecular weight is 355 g/mol. The summed E-state index contributed by atoms with van der Waals surface area (Å²) in [6.07, 6.45) is 1.53. The molecule has 26 heavy (non-hydrogen) atoms. The smallest absolute Gasteiger partial charge is 0.274 e. The number of hydrogen-bond acceptors (Lipinski definition) is 4. The number of rotatable bonds is 8. The summed E-state index contributed by atoms with van der Waals surface area (Å²) in [6.45, 7) is 5.06. The molecule has 0 radical (unpaired) electrons. The third kappa shape index (κ3) is 5.13. The van der Waals surface area contributed by atoms with Gasteiger partial charge in [-0.1, -0.05) is 31.2 Å². The van der Waals surface area contributed by atoms with Crippen molar-refractivity contribution in [3.05, 3.63) is 58.9 Å². The number of carbonyl (C=O) groups is 2. The number of benzene rings is 1. The van der Waals surface area contributed by atoms with Gasteiger partial charge < -0.3 is 15.4 Å². The topological polar surface area (TPSA) is 80.3 Å². The molecule has 2 N–H and O–H groups in total. The molecule has 0 fully saturated rings. The van der Waals surface area contributed by atoms with E-state index in [4.69, 9.17) is 4.74 Å². The zero-order valence-electron chi connectivity index (χ0n) is 15.5. The Balaban J connectivity index is 2.10. The standard InChI is InChI=1S/C20H25N3O3/c1-4-15-9-5-8-14(2)18(15)23-20(25)17-11-6-10-16(22-17)19(24)21-12-7-13-26-3/h5-6,8-11H,4,7,12-13H2,1-3H3,(H,21,24)(H,23,25). The monoisotopic (exact) mass is 355 g/mol. The van der Waals surface area contributed by atoms with E-state index in [9.17, 15) is 9.59 Å². The molecule has 138 valence electrons. The maximum absolute atomic E-state index is 12.6. The van der Waals surface area contributed by atoms with Crippen LogP contribution in [-0.4, -0.2) is 37.1 Å². The Morgan fingerprint density at radius 3 is 2.46 bits per heavy atom. The van der Waals surface area contributed by atoms with Gasteiger partial charge in [0, 0.05) is 25.9 Å². The maximum Gasteiger partial charge on any atom is 0.274 e. The number of hydrogen-bond donors (Lipinski definition) is 2. The summed E-state index contributed by atoms with van der Waals surface area (Å²) in [5, 5.41) is 5.69. The number of para-hydroxylation sites is 1. The third-order valence-electron chi connectivity index (χ3n) is 4.00. The van der Waals surface area contributed by atoms with Crippen molar-refractivity contribution >= 4 is 17.5 Å². The molecule has 0 aliphatic rings. The van der Waals surface area contributed by atoms with Crippen LogP contribution in [0.2, 0.25) is 0 Å². The number of amides is 2. The lowest BCUT2D eigenvalue weighted by Gasteiger charge is -2.13. The molecule has 6 heteroatoms. The van der Waals surface area contributed by atoms with Crippen LogP contribution in [0.25, 0.3) is 0 Å². The summed E-state index contributed by atoms with van der Waals surface area (Å²) in [7, 11) is 1.61. The van der Waals surface area contributed by atoms with Gasteiger partial charge in [-0.3, -0.25) is 9.59 Å². The van der Waals surface area contributed by atoms with Crippen LogP contribution in [0.3, 0.4) is 0 Å². The van der Waals surface area contributed by atoms with E-state index in [2.05, 4.69) is 15.6 Å². The highest BCUT2D eigenvalue weighted by atomic mass is 16.5. The molecule has 0 saturated carbocycles. The molecule has 6 nitrogen and oxygen atoms in total. The summed E-state index contributed by atoms with van der Waals surface area (Å²) in [5.41, 5.74) is 3.28. The van der Waals surface area contributed by atoms with Crippen molar-refractivity contribution in [3.63, 3.8) is 0 Å². The van der Waals surface area contributed by atoms with E-state index < -0.39 is 0 Å². The van der Waals surface area contributed by atoms with E-state index in [0.717, 1.165) is 29.7 Å². The van der Waals surface area contributed by atoms with Crippen molar-refractivity contribution in [1.29, 1.82) is 0 Å². The number of nitrogens with one attached hydrogen (secondary N) is 2. The highest BCUT2D eigenvalue weighted by Gasteiger charge is 2.14. The van der Waals surface area contributed by atoms with E-state index >= 15 is 0 Å². The quantitative estimate of drug-likeness (QED) is 0.714. The Hall–Kier alpha value is -2.73. The van der Waals surface area contributed by atoms with E-state index in [1.165, 1.54) is 0 Å². The van der Waals surface area contributed by atoms with Crippen LogP contribution in [0.4, 0.5) is 5.69 Å². The lowest BCUT2D eigenvalue weighted by molar-refractivity contribution is 0.0943. The van der Waals surface area contributed by atoms with E-state index in [1.807, 2.05) is 32.0 Å². The van der Waals surface area contributed by atoms with Crippen LogP contribution in [-0.2, 0) is 11.2 Å². The molecule has 0 bridgehead atoms. The van der Waals surface area contributed by atoms with E-state index in [1.54, 1.807) is 25.3 Å². The lowest BCUT2D eigenvalue weighted by atomic mass is 10.1. The first kappa shape index (κ1) is 19.6. The van der Waals surface area contributed by atoms with Gasteiger partial charge in [-0.05, 0) is 43.0 Å². The van der Waals surface area contributed by atoms with Gasteiger partial charge in [0.1, 0.15) is 11.4 Å². The number of aryl methyl sites for hydroxylation is 2. The van der Waals surface area contributed by atoms with Crippen molar-refractivity contribution in [2.45, 2.75) is 26.7 Å². The minimum Gasteiger partial charge on any atom is -0.385 e. The second-order valence-corrected chi connectivity index (χ2v) is 5.93. The normalized spacial score (nSPS) is 10.4. The molecule has 0 aliphatic heterocycles. The van der Waals surface area contributed by atoms with Crippen molar-refractivity contribution in [2.24, 2.45) is 0 Å². The minimum atomic E-state index is -0.331. The summed E-state index contributed by atoms with van der Waals surface area (Å²) >= 11 is 0. The van der Waals surface area contributed by atoms with Gasteiger partial charge in [0.2, 0.25) is 0 Å². The average Bonchev–Trinajstić information content (AvgIpc) is 2.66. The summed E-state index contributed by atoms with van der Waals surface area (Å²) in [5.74, 6) is -0.635. The van der Waals surface area contributed by atoms with Crippen molar-refractivity contribution in [2.75, 3.05) is 25.6 Å². The van der Waals surface area contributed by atoms with Crippen LogP contribution in [0, 0.1) is 6.92 Å². The largest absolute Gasteiger partial charge is 0.385 e. The number of aromatic nitrogens is 1. The highest BCUT2D eigenvalue weighted by Crippen LogP contribution is 2.21. The van der Waals surface area contributed by atoms with Crippen LogP contribution < -0.4 is 10.6 Å². The zero-order chi connectivity index (χ0) is 18.9. The third-order valence-corrected chi connectivity index (χ3v) is 4.00. The van der Waals surface area contributed by atoms with Gasteiger partial charge in [-0.2, -0.15) is 0 Å². The Morgan fingerprint density at radius 2 is 1.77 bits per heavy atom. The molecule has 2 aromatic rings. The Labute approximate surface area is 154 Å². The molecule has 1 aromatic carbocycles. The van der Waals surface area contributed by atoms with Crippen molar-refractivity contribution in [3.8, 4) is 0 Å². The first-order valence-corrected chi connectivity index (χ1v) is 8.70. The van der Waals surface area contributed by atoms with Crippen LogP contribution >= 0.6 is 0 Å². The molecule has 2 rings (SSSR count). The second-order valence-electron chi connectivity index (χ2n) is 5.93. The van der Waals surface area contributed by atoms with Gasteiger partial charge in [0.15, 0.2) is 0 Å². The molecule has 1 heterocycles. The van der Waals surface area contributed by atoms with Gasteiger partial charge in [-0.25, -0.2) is 4.98 Å². The van der Waals surface area contributed by atoms with E-state index in [0.29, 0.717) is 13.2 Å². The van der Waals surface area contributed by atoms with Gasteiger partial charge in [0.05, 0.1) is 0 Å². The zero-order valence-corrected chi connectivity index (χ0v) is 15.5. The summed E-state index contributed by atoms with van der Waals surface area (Å²) in [6, 6.07) is 10.8. The summed E-state index contributed by atoms with van der Waals surface area (Å²) < 4.78 is 4.95. The second kappa shape index (κ2) is 9.68. The fraction of sp³-hybridized carbons (Fsp3) is 0.350. The number of nitrogens with zero attached hydrogens (tertiary/aromatic N) is 1. The first-order chi connectivity index (χ1) is 12.6.